The summed E-state index contributed by atoms with van der Waals surface area (Å²) in [5.41, 5.74) is 0.782. The number of alkyl carbamates (subject to hydrolysis) is 1. The fourth-order valence-corrected chi connectivity index (χ4v) is 3.49. The highest BCUT2D eigenvalue weighted by Gasteiger charge is 2.44. The SMILES string of the molecule is CCOC(=O)CCNC(=O)C(c1ccc(C)cc1)N(C(=O)C(CO)NC(=O)OC(C)(C)C)C1CC1. The van der Waals surface area contributed by atoms with Crippen molar-refractivity contribution >= 4 is 23.9 Å². The first kappa shape index (κ1) is 28.1. The zero-order valence-corrected chi connectivity index (χ0v) is 21.1. The van der Waals surface area contributed by atoms with Crippen molar-refractivity contribution in [3.63, 3.8) is 0 Å². The van der Waals surface area contributed by atoms with Crippen LogP contribution in [0.2, 0.25) is 0 Å². The van der Waals surface area contributed by atoms with E-state index in [4.69, 9.17) is 9.47 Å². The topological polar surface area (TPSA) is 134 Å². The Bertz CT molecular complexity index is 891. The van der Waals surface area contributed by atoms with Gasteiger partial charge >= 0.3 is 12.1 Å². The molecule has 0 aromatic heterocycles. The highest BCUT2D eigenvalue weighted by Crippen LogP contribution is 2.35. The molecule has 35 heavy (non-hydrogen) atoms. The van der Waals surface area contributed by atoms with Crippen LogP contribution in [0.15, 0.2) is 24.3 Å². The Morgan fingerprint density at radius 1 is 1.14 bits per heavy atom. The van der Waals surface area contributed by atoms with Crippen molar-refractivity contribution in [1.82, 2.24) is 15.5 Å². The lowest BCUT2D eigenvalue weighted by Crippen LogP contribution is -2.55. The van der Waals surface area contributed by atoms with Crippen molar-refractivity contribution in [2.45, 2.75) is 77.6 Å². The quantitative estimate of drug-likeness (QED) is 0.403. The third-order valence-electron chi connectivity index (χ3n) is 5.22. The fourth-order valence-electron chi connectivity index (χ4n) is 3.49. The Kier molecular flexibility index (Phi) is 10.1. The maximum Gasteiger partial charge on any atom is 0.408 e. The van der Waals surface area contributed by atoms with Gasteiger partial charge in [-0.25, -0.2) is 4.79 Å². The number of hydrogen-bond acceptors (Lipinski definition) is 7. The van der Waals surface area contributed by atoms with Gasteiger partial charge in [0.15, 0.2) is 0 Å². The van der Waals surface area contributed by atoms with E-state index in [1.54, 1.807) is 39.8 Å². The van der Waals surface area contributed by atoms with Crippen molar-refractivity contribution in [2.75, 3.05) is 19.8 Å². The van der Waals surface area contributed by atoms with E-state index in [2.05, 4.69) is 10.6 Å². The van der Waals surface area contributed by atoms with Crippen LogP contribution in [0.25, 0.3) is 0 Å². The van der Waals surface area contributed by atoms with E-state index in [-0.39, 0.29) is 25.6 Å². The molecule has 0 bridgehead atoms. The second kappa shape index (κ2) is 12.5. The molecule has 1 aliphatic carbocycles. The molecule has 1 saturated carbocycles. The van der Waals surface area contributed by atoms with E-state index in [1.807, 2.05) is 19.1 Å². The average Bonchev–Trinajstić information content (AvgIpc) is 3.60. The highest BCUT2D eigenvalue weighted by atomic mass is 16.6. The minimum Gasteiger partial charge on any atom is -0.466 e. The molecule has 0 spiro atoms. The number of hydrogen-bond donors (Lipinski definition) is 3. The van der Waals surface area contributed by atoms with Crippen LogP contribution in [0.5, 0.6) is 0 Å². The minimum absolute atomic E-state index is 0.00294. The number of aryl methyl sites for hydroxylation is 1. The summed E-state index contributed by atoms with van der Waals surface area (Å²) >= 11 is 0. The molecular weight excluding hydrogens is 454 g/mol. The summed E-state index contributed by atoms with van der Waals surface area (Å²) in [6.45, 7) is 8.31. The van der Waals surface area contributed by atoms with Crippen molar-refractivity contribution < 1.29 is 33.8 Å². The van der Waals surface area contributed by atoms with Crippen molar-refractivity contribution in [2.24, 2.45) is 0 Å². The van der Waals surface area contributed by atoms with Crippen LogP contribution < -0.4 is 10.6 Å². The molecule has 0 heterocycles. The maximum absolute atomic E-state index is 13.6. The van der Waals surface area contributed by atoms with E-state index < -0.39 is 48.2 Å². The first-order valence-electron chi connectivity index (χ1n) is 11.9. The van der Waals surface area contributed by atoms with E-state index in [0.29, 0.717) is 18.4 Å². The van der Waals surface area contributed by atoms with Gasteiger partial charge in [-0.2, -0.15) is 0 Å². The second-order valence-electron chi connectivity index (χ2n) is 9.52. The van der Waals surface area contributed by atoms with Crippen LogP contribution >= 0.6 is 0 Å². The molecule has 10 nitrogen and oxygen atoms in total. The molecular formula is C25H37N3O7. The van der Waals surface area contributed by atoms with Gasteiger partial charge in [0.1, 0.15) is 17.7 Å². The first-order chi connectivity index (χ1) is 16.5. The number of aliphatic hydroxyl groups excluding tert-OH is 1. The number of amides is 3. The predicted octanol–water partition coefficient (Wildman–Crippen LogP) is 1.98. The van der Waals surface area contributed by atoms with E-state index in [9.17, 15) is 24.3 Å². The number of carbonyl (C=O) groups excluding carboxylic acids is 4. The summed E-state index contributed by atoms with van der Waals surface area (Å²) in [6.07, 6.45) is 0.534. The molecule has 1 aliphatic rings. The van der Waals surface area contributed by atoms with Gasteiger partial charge in [0.05, 0.1) is 19.6 Å². The molecule has 1 aromatic carbocycles. The Labute approximate surface area is 206 Å². The van der Waals surface area contributed by atoms with Gasteiger partial charge < -0.3 is 30.1 Å². The molecule has 2 rings (SSSR count). The highest BCUT2D eigenvalue weighted by molar-refractivity contribution is 5.92. The van der Waals surface area contributed by atoms with Crippen molar-refractivity contribution in [1.29, 1.82) is 0 Å². The van der Waals surface area contributed by atoms with Gasteiger partial charge in [0, 0.05) is 12.6 Å². The number of esters is 1. The lowest BCUT2D eigenvalue weighted by molar-refractivity contribution is -0.145. The normalized spacial score (nSPS) is 14.9. The van der Waals surface area contributed by atoms with E-state index in [1.165, 1.54) is 4.90 Å². The first-order valence-corrected chi connectivity index (χ1v) is 11.9. The molecule has 0 radical (unpaired) electrons. The van der Waals surface area contributed by atoms with Crippen LogP contribution in [0, 0.1) is 6.92 Å². The summed E-state index contributed by atoms with van der Waals surface area (Å²) in [5.74, 6) is -1.49. The molecule has 2 atom stereocenters. The van der Waals surface area contributed by atoms with E-state index >= 15 is 0 Å². The van der Waals surface area contributed by atoms with Gasteiger partial charge in [0.25, 0.3) is 0 Å². The van der Waals surface area contributed by atoms with Crippen molar-refractivity contribution in [3.8, 4) is 0 Å². The summed E-state index contributed by atoms with van der Waals surface area (Å²) in [4.78, 5) is 52.3. The molecule has 3 N–H and O–H groups in total. The standard InChI is InChI=1S/C25H37N3O7/c1-6-34-20(30)13-14-26-22(31)21(17-9-7-16(2)8-10-17)28(18-11-12-18)23(32)19(15-29)27-24(33)35-25(3,4)5/h7-10,18-19,21,29H,6,11-15H2,1-5H3,(H,26,31)(H,27,33). The molecule has 0 aliphatic heterocycles. The number of rotatable bonds is 11. The van der Waals surface area contributed by atoms with Crippen LogP contribution in [-0.2, 0) is 23.9 Å². The van der Waals surface area contributed by atoms with Crippen LogP contribution in [0.3, 0.4) is 0 Å². The Balaban J connectivity index is 2.28. The average molecular weight is 492 g/mol. The van der Waals surface area contributed by atoms with E-state index in [0.717, 1.165) is 5.56 Å². The number of aliphatic hydroxyl groups is 1. The molecule has 1 aromatic rings. The third kappa shape index (κ3) is 8.86. The summed E-state index contributed by atoms with van der Waals surface area (Å²) < 4.78 is 10.1. The Hall–Kier alpha value is -3.14. The smallest absolute Gasteiger partial charge is 0.408 e. The van der Waals surface area contributed by atoms with Gasteiger partial charge in [-0.1, -0.05) is 29.8 Å². The molecule has 1 fully saturated rings. The summed E-state index contributed by atoms with van der Waals surface area (Å²) in [7, 11) is 0. The van der Waals surface area contributed by atoms with Crippen molar-refractivity contribution in [3.05, 3.63) is 35.4 Å². The summed E-state index contributed by atoms with van der Waals surface area (Å²) in [5, 5.41) is 15.0. The molecule has 2 unspecified atom stereocenters. The van der Waals surface area contributed by atoms with Crippen LogP contribution in [-0.4, -0.2) is 71.3 Å². The molecule has 0 saturated heterocycles. The molecule has 10 heteroatoms. The van der Waals surface area contributed by atoms with Gasteiger partial charge in [-0.05, 0) is 53.0 Å². The number of nitrogens with one attached hydrogen (secondary N) is 2. The summed E-state index contributed by atoms with van der Waals surface area (Å²) in [6, 6.07) is 4.70. The van der Waals surface area contributed by atoms with Crippen LogP contribution in [0.1, 0.15) is 64.1 Å². The number of carbonyl (C=O) groups is 4. The number of benzene rings is 1. The minimum atomic E-state index is -1.29. The zero-order valence-electron chi connectivity index (χ0n) is 21.1. The second-order valence-corrected chi connectivity index (χ2v) is 9.52. The number of ether oxygens (including phenoxy) is 2. The van der Waals surface area contributed by atoms with Gasteiger partial charge in [0.2, 0.25) is 11.8 Å². The lowest BCUT2D eigenvalue weighted by atomic mass is 10.0. The monoisotopic (exact) mass is 491 g/mol. The molecule has 194 valence electrons. The number of nitrogens with zero attached hydrogens (tertiary/aromatic N) is 1. The lowest BCUT2D eigenvalue weighted by Gasteiger charge is -2.34. The predicted molar refractivity (Wildman–Crippen MR) is 128 cm³/mol. The maximum atomic E-state index is 13.6. The Morgan fingerprint density at radius 2 is 1.77 bits per heavy atom. The fraction of sp³-hybridized carbons (Fsp3) is 0.600. The Morgan fingerprint density at radius 3 is 2.29 bits per heavy atom. The molecule has 3 amide bonds. The van der Waals surface area contributed by atoms with Gasteiger partial charge in [-0.15, -0.1) is 0 Å². The van der Waals surface area contributed by atoms with Gasteiger partial charge in [-0.3, -0.25) is 14.4 Å². The zero-order chi connectivity index (χ0) is 26.2. The largest absolute Gasteiger partial charge is 0.466 e. The third-order valence-corrected chi connectivity index (χ3v) is 5.22. The van der Waals surface area contributed by atoms with Crippen LogP contribution in [0.4, 0.5) is 4.79 Å².